The zero-order valence-electron chi connectivity index (χ0n) is 20.4. The van der Waals surface area contributed by atoms with Gasteiger partial charge < -0.3 is 14.3 Å². The van der Waals surface area contributed by atoms with Gasteiger partial charge in [0.25, 0.3) is 0 Å². The van der Waals surface area contributed by atoms with Gasteiger partial charge in [-0.2, -0.15) is 0 Å². The Bertz CT molecular complexity index is 1480. The van der Waals surface area contributed by atoms with Crippen molar-refractivity contribution in [1.29, 1.82) is 0 Å². The molecular formula is C29H26N4O4. The van der Waals surface area contributed by atoms with Gasteiger partial charge in [-0.3, -0.25) is 0 Å². The van der Waals surface area contributed by atoms with Crippen molar-refractivity contribution >= 4 is 5.97 Å². The molecule has 37 heavy (non-hydrogen) atoms. The Balaban J connectivity index is 1.22. The summed E-state index contributed by atoms with van der Waals surface area (Å²) in [5.41, 5.74) is 4.30. The van der Waals surface area contributed by atoms with E-state index in [1.807, 2.05) is 91.9 Å². The van der Waals surface area contributed by atoms with E-state index in [0.717, 1.165) is 33.9 Å². The number of aromatic carboxylic acids is 1. The van der Waals surface area contributed by atoms with Crippen LogP contribution in [-0.2, 0) is 19.4 Å². The monoisotopic (exact) mass is 494 g/mol. The molecule has 5 aromatic rings. The number of hydrogen-bond acceptors (Lipinski definition) is 6. The van der Waals surface area contributed by atoms with E-state index < -0.39 is 5.97 Å². The molecule has 0 saturated carbocycles. The molecule has 0 saturated heterocycles. The molecule has 0 fully saturated rings. The highest BCUT2D eigenvalue weighted by molar-refractivity contribution is 5.86. The van der Waals surface area contributed by atoms with Crippen molar-refractivity contribution in [2.24, 2.45) is 0 Å². The summed E-state index contributed by atoms with van der Waals surface area (Å²) in [4.78, 5) is 16.3. The second-order valence-corrected chi connectivity index (χ2v) is 8.64. The zero-order chi connectivity index (χ0) is 25.6. The van der Waals surface area contributed by atoms with Crippen LogP contribution < -0.4 is 4.74 Å². The van der Waals surface area contributed by atoms with Gasteiger partial charge in [0.15, 0.2) is 5.69 Å². The van der Waals surface area contributed by atoms with Crippen LogP contribution in [0.15, 0.2) is 89.3 Å². The third-order valence-electron chi connectivity index (χ3n) is 6.03. The summed E-state index contributed by atoms with van der Waals surface area (Å²) in [6, 6.07) is 27.2. The second-order valence-electron chi connectivity index (χ2n) is 8.64. The minimum absolute atomic E-state index is 0.0332. The van der Waals surface area contributed by atoms with E-state index in [4.69, 9.17) is 9.15 Å². The van der Waals surface area contributed by atoms with Crippen LogP contribution in [0.1, 0.15) is 38.8 Å². The molecule has 186 valence electrons. The van der Waals surface area contributed by atoms with Crippen LogP contribution in [0.4, 0.5) is 0 Å². The Morgan fingerprint density at radius 1 is 0.946 bits per heavy atom. The number of rotatable bonds is 10. The van der Waals surface area contributed by atoms with Gasteiger partial charge in [0, 0.05) is 18.4 Å². The van der Waals surface area contributed by atoms with Crippen LogP contribution in [0.5, 0.6) is 5.75 Å². The lowest BCUT2D eigenvalue weighted by Gasteiger charge is -2.09. The van der Waals surface area contributed by atoms with Crippen molar-refractivity contribution in [3.63, 3.8) is 0 Å². The third-order valence-corrected chi connectivity index (χ3v) is 6.03. The van der Waals surface area contributed by atoms with Gasteiger partial charge in [-0.15, -0.1) is 5.10 Å². The van der Waals surface area contributed by atoms with Gasteiger partial charge in [0.05, 0.1) is 24.5 Å². The van der Waals surface area contributed by atoms with Gasteiger partial charge in [0.2, 0.25) is 5.89 Å². The van der Waals surface area contributed by atoms with E-state index in [-0.39, 0.29) is 5.69 Å². The summed E-state index contributed by atoms with van der Waals surface area (Å²) >= 11 is 0. The molecule has 0 aliphatic rings. The summed E-state index contributed by atoms with van der Waals surface area (Å²) in [6.07, 6.45) is 1.01. The Kier molecular flexibility index (Phi) is 7.07. The highest BCUT2D eigenvalue weighted by Gasteiger charge is 2.19. The van der Waals surface area contributed by atoms with E-state index >= 15 is 0 Å². The molecule has 0 bridgehead atoms. The van der Waals surface area contributed by atoms with Gasteiger partial charge in [-0.1, -0.05) is 65.9 Å². The summed E-state index contributed by atoms with van der Waals surface area (Å²) in [7, 11) is 0. The number of carbonyl (C=O) groups is 1. The highest BCUT2D eigenvalue weighted by Crippen LogP contribution is 2.22. The largest absolute Gasteiger partial charge is 0.493 e. The second kappa shape index (κ2) is 10.9. The quantitative estimate of drug-likeness (QED) is 0.285. The number of oxazole rings is 1. The first-order chi connectivity index (χ1) is 18.1. The number of benzene rings is 3. The number of carboxylic acid groups (broad SMARTS) is 1. The highest BCUT2D eigenvalue weighted by atomic mass is 16.5. The van der Waals surface area contributed by atoms with Crippen molar-refractivity contribution < 1.29 is 19.1 Å². The number of carboxylic acids is 1. The molecule has 0 aliphatic carbocycles. The first kappa shape index (κ1) is 24.0. The number of aryl methyl sites for hydroxylation is 1. The molecule has 2 heterocycles. The first-order valence-corrected chi connectivity index (χ1v) is 12.0. The summed E-state index contributed by atoms with van der Waals surface area (Å²) in [6.45, 7) is 2.81. The van der Waals surface area contributed by atoms with Crippen LogP contribution in [0.3, 0.4) is 0 Å². The van der Waals surface area contributed by atoms with Crippen LogP contribution in [0.2, 0.25) is 0 Å². The van der Waals surface area contributed by atoms with Gasteiger partial charge in [-0.25, -0.2) is 14.5 Å². The Morgan fingerprint density at radius 3 is 2.35 bits per heavy atom. The Hall–Kier alpha value is -4.72. The lowest BCUT2D eigenvalue weighted by Crippen LogP contribution is -2.10. The van der Waals surface area contributed by atoms with Crippen LogP contribution >= 0.6 is 0 Å². The predicted octanol–water partition coefficient (Wildman–Crippen LogP) is 5.20. The lowest BCUT2D eigenvalue weighted by molar-refractivity contribution is 0.0689. The van der Waals surface area contributed by atoms with Crippen molar-refractivity contribution in [3.05, 3.63) is 119 Å². The molecule has 0 unspecified atom stereocenters. The minimum atomic E-state index is -1.09. The molecule has 0 spiro atoms. The smallest absolute Gasteiger partial charge is 0.358 e. The average molecular weight is 495 g/mol. The van der Waals surface area contributed by atoms with Gasteiger partial charge in [-0.05, 0) is 42.3 Å². The van der Waals surface area contributed by atoms with Crippen LogP contribution in [0.25, 0.3) is 11.5 Å². The first-order valence-electron chi connectivity index (χ1n) is 12.0. The zero-order valence-corrected chi connectivity index (χ0v) is 20.4. The number of hydrogen-bond donors (Lipinski definition) is 1. The van der Waals surface area contributed by atoms with Crippen molar-refractivity contribution in [2.45, 2.75) is 26.3 Å². The normalized spacial score (nSPS) is 10.9. The topological polar surface area (TPSA) is 103 Å². The molecule has 0 radical (unpaired) electrons. The molecule has 8 heteroatoms. The third kappa shape index (κ3) is 5.75. The molecule has 0 amide bonds. The van der Waals surface area contributed by atoms with Gasteiger partial charge in [0.1, 0.15) is 11.5 Å². The number of aromatic nitrogens is 4. The molecule has 2 aromatic heterocycles. The SMILES string of the molecule is Cc1oc(-c2ccccc2)nc1CCOc1ccc(Cc2c(C(=O)O)nnn2Cc2ccccc2)cc1. The van der Waals surface area contributed by atoms with E-state index in [2.05, 4.69) is 15.3 Å². The van der Waals surface area contributed by atoms with Crippen molar-refractivity contribution in [3.8, 4) is 17.2 Å². The maximum Gasteiger partial charge on any atom is 0.358 e. The van der Waals surface area contributed by atoms with E-state index in [9.17, 15) is 9.90 Å². The Morgan fingerprint density at radius 2 is 1.65 bits per heavy atom. The van der Waals surface area contributed by atoms with Crippen LogP contribution in [0, 0.1) is 6.92 Å². The molecule has 0 atom stereocenters. The fourth-order valence-corrected chi connectivity index (χ4v) is 4.08. The molecule has 1 N–H and O–H groups in total. The molecule has 8 nitrogen and oxygen atoms in total. The number of ether oxygens (including phenoxy) is 1. The summed E-state index contributed by atoms with van der Waals surface area (Å²) in [5, 5.41) is 17.6. The standard InChI is InChI=1S/C29H26N4O4/c1-20-25(30-28(37-20)23-10-6-3-7-11-23)16-17-36-24-14-12-21(13-15-24)18-26-27(29(34)35)31-32-33(26)19-22-8-4-2-5-9-22/h2-15H,16-19H2,1H3,(H,34,35). The maximum atomic E-state index is 11.7. The summed E-state index contributed by atoms with van der Waals surface area (Å²) < 4.78 is 13.4. The molecule has 5 rings (SSSR count). The van der Waals surface area contributed by atoms with Crippen molar-refractivity contribution in [2.75, 3.05) is 6.61 Å². The van der Waals surface area contributed by atoms with E-state index in [1.165, 1.54) is 0 Å². The maximum absolute atomic E-state index is 11.7. The van der Waals surface area contributed by atoms with Gasteiger partial charge >= 0.3 is 5.97 Å². The predicted molar refractivity (Wildman–Crippen MR) is 138 cm³/mol. The number of nitrogens with zero attached hydrogens (tertiary/aromatic N) is 4. The molecule has 3 aromatic carbocycles. The lowest BCUT2D eigenvalue weighted by atomic mass is 10.1. The molecular weight excluding hydrogens is 468 g/mol. The fraction of sp³-hybridized carbons (Fsp3) is 0.172. The fourth-order valence-electron chi connectivity index (χ4n) is 4.08. The van der Waals surface area contributed by atoms with E-state index in [1.54, 1.807) is 4.68 Å². The Labute approximate surface area is 214 Å². The van der Waals surface area contributed by atoms with Crippen molar-refractivity contribution in [1.82, 2.24) is 20.0 Å². The summed E-state index contributed by atoms with van der Waals surface area (Å²) in [5.74, 6) is 1.03. The van der Waals surface area contributed by atoms with E-state index in [0.29, 0.717) is 37.6 Å². The average Bonchev–Trinajstić information content (AvgIpc) is 3.49. The minimum Gasteiger partial charge on any atom is -0.493 e. The van der Waals surface area contributed by atoms with Crippen LogP contribution in [-0.4, -0.2) is 37.7 Å². The molecule has 0 aliphatic heterocycles.